The van der Waals surface area contributed by atoms with Gasteiger partial charge < -0.3 is 5.73 Å². The van der Waals surface area contributed by atoms with E-state index >= 15 is 0 Å². The van der Waals surface area contributed by atoms with Crippen molar-refractivity contribution in [2.24, 2.45) is 0 Å². The van der Waals surface area contributed by atoms with E-state index in [1.807, 2.05) is 0 Å². The van der Waals surface area contributed by atoms with E-state index in [4.69, 9.17) is 17.3 Å². The molecule has 0 atom stereocenters. The molecular formula is C12H8ClF3N2. The van der Waals surface area contributed by atoms with Gasteiger partial charge in [0, 0.05) is 17.4 Å². The molecule has 0 saturated carbocycles. The van der Waals surface area contributed by atoms with E-state index in [0.717, 1.165) is 18.3 Å². The van der Waals surface area contributed by atoms with E-state index in [2.05, 4.69) is 4.98 Å². The SMILES string of the molecule is Nc1ccc(Cl)c(-c2cc(C(F)(F)F)ccn2)c1. The third-order valence-electron chi connectivity index (χ3n) is 2.35. The first kappa shape index (κ1) is 12.7. The van der Waals surface area contributed by atoms with Crippen LogP contribution in [0.15, 0.2) is 36.5 Å². The molecule has 2 rings (SSSR count). The normalized spacial score (nSPS) is 11.6. The Labute approximate surface area is 106 Å². The second-order valence-corrected chi connectivity index (χ2v) is 4.07. The van der Waals surface area contributed by atoms with Crippen LogP contribution in [0.3, 0.4) is 0 Å². The lowest BCUT2D eigenvalue weighted by Gasteiger charge is -2.09. The monoisotopic (exact) mass is 272 g/mol. The molecule has 0 saturated heterocycles. The number of alkyl halides is 3. The quantitative estimate of drug-likeness (QED) is 0.797. The van der Waals surface area contributed by atoms with Crippen LogP contribution in [0, 0.1) is 0 Å². The number of hydrogen-bond acceptors (Lipinski definition) is 2. The third-order valence-corrected chi connectivity index (χ3v) is 2.68. The molecule has 2 aromatic rings. The van der Waals surface area contributed by atoms with Crippen molar-refractivity contribution < 1.29 is 13.2 Å². The van der Waals surface area contributed by atoms with Gasteiger partial charge in [-0.25, -0.2) is 0 Å². The van der Waals surface area contributed by atoms with Gasteiger partial charge in [0.15, 0.2) is 0 Å². The first-order valence-electron chi connectivity index (χ1n) is 4.96. The van der Waals surface area contributed by atoms with E-state index in [-0.39, 0.29) is 5.69 Å². The minimum absolute atomic E-state index is 0.141. The molecule has 0 radical (unpaired) electrons. The van der Waals surface area contributed by atoms with Crippen molar-refractivity contribution in [2.45, 2.75) is 6.18 Å². The molecule has 94 valence electrons. The fourth-order valence-electron chi connectivity index (χ4n) is 1.49. The second kappa shape index (κ2) is 4.49. The minimum Gasteiger partial charge on any atom is -0.399 e. The molecule has 1 heterocycles. The smallest absolute Gasteiger partial charge is 0.399 e. The number of anilines is 1. The van der Waals surface area contributed by atoms with Crippen molar-refractivity contribution in [2.75, 3.05) is 5.73 Å². The summed E-state index contributed by atoms with van der Waals surface area (Å²) in [6.45, 7) is 0. The Morgan fingerprint density at radius 3 is 2.50 bits per heavy atom. The van der Waals surface area contributed by atoms with Gasteiger partial charge in [-0.15, -0.1) is 0 Å². The molecule has 1 aromatic heterocycles. The Balaban J connectivity index is 2.55. The summed E-state index contributed by atoms with van der Waals surface area (Å²) in [5.74, 6) is 0. The maximum atomic E-state index is 12.6. The fraction of sp³-hybridized carbons (Fsp3) is 0.0833. The summed E-state index contributed by atoms with van der Waals surface area (Å²) >= 11 is 5.92. The van der Waals surface area contributed by atoms with Gasteiger partial charge in [0.1, 0.15) is 0 Å². The van der Waals surface area contributed by atoms with Gasteiger partial charge in [0.25, 0.3) is 0 Å². The Bertz CT molecular complexity index is 582. The minimum atomic E-state index is -4.41. The highest BCUT2D eigenvalue weighted by molar-refractivity contribution is 6.33. The van der Waals surface area contributed by atoms with Gasteiger partial charge in [0.05, 0.1) is 16.3 Å². The molecule has 2 nitrogen and oxygen atoms in total. The standard InChI is InChI=1S/C12H8ClF3N2/c13-10-2-1-8(17)6-9(10)11-5-7(3-4-18-11)12(14,15)16/h1-6H,17H2. The first-order valence-corrected chi connectivity index (χ1v) is 5.34. The molecule has 2 N–H and O–H groups in total. The number of aromatic nitrogens is 1. The number of nitrogens with zero attached hydrogens (tertiary/aromatic N) is 1. The van der Waals surface area contributed by atoms with Crippen molar-refractivity contribution in [1.29, 1.82) is 0 Å². The van der Waals surface area contributed by atoms with Crippen LogP contribution in [0.25, 0.3) is 11.3 Å². The first-order chi connectivity index (χ1) is 8.38. The topological polar surface area (TPSA) is 38.9 Å². The number of halogens is 4. The van der Waals surface area contributed by atoms with Gasteiger partial charge in [0.2, 0.25) is 0 Å². The van der Waals surface area contributed by atoms with Gasteiger partial charge >= 0.3 is 6.18 Å². The molecule has 6 heteroatoms. The largest absolute Gasteiger partial charge is 0.416 e. The number of pyridine rings is 1. The van der Waals surface area contributed by atoms with Crippen molar-refractivity contribution in [3.63, 3.8) is 0 Å². The Hall–Kier alpha value is -1.75. The van der Waals surface area contributed by atoms with Crippen LogP contribution >= 0.6 is 11.6 Å². The lowest BCUT2D eigenvalue weighted by Crippen LogP contribution is -2.05. The summed E-state index contributed by atoms with van der Waals surface area (Å²) in [6, 6.07) is 6.43. The lowest BCUT2D eigenvalue weighted by atomic mass is 10.1. The fourth-order valence-corrected chi connectivity index (χ4v) is 1.71. The predicted octanol–water partition coefficient (Wildman–Crippen LogP) is 4.00. The van der Waals surface area contributed by atoms with E-state index < -0.39 is 11.7 Å². The molecule has 0 aliphatic heterocycles. The molecule has 0 bridgehead atoms. The summed E-state index contributed by atoms with van der Waals surface area (Å²) in [5.41, 5.74) is 5.74. The van der Waals surface area contributed by atoms with Crippen LogP contribution < -0.4 is 5.73 Å². The number of hydrogen-bond donors (Lipinski definition) is 1. The maximum absolute atomic E-state index is 12.6. The van der Waals surface area contributed by atoms with Crippen molar-refractivity contribution in [3.05, 3.63) is 47.1 Å². The van der Waals surface area contributed by atoms with Crippen LogP contribution in [0.5, 0.6) is 0 Å². The van der Waals surface area contributed by atoms with Gasteiger partial charge in [-0.3, -0.25) is 4.98 Å². The van der Waals surface area contributed by atoms with Crippen molar-refractivity contribution >= 4 is 17.3 Å². The van der Waals surface area contributed by atoms with Gasteiger partial charge in [-0.1, -0.05) is 11.6 Å². The predicted molar refractivity (Wildman–Crippen MR) is 64.1 cm³/mol. The van der Waals surface area contributed by atoms with Gasteiger partial charge in [-0.2, -0.15) is 13.2 Å². The highest BCUT2D eigenvalue weighted by Crippen LogP contribution is 2.33. The maximum Gasteiger partial charge on any atom is 0.416 e. The van der Waals surface area contributed by atoms with Gasteiger partial charge in [-0.05, 0) is 30.3 Å². The number of rotatable bonds is 1. The number of benzene rings is 1. The Kier molecular flexibility index (Phi) is 3.17. The summed E-state index contributed by atoms with van der Waals surface area (Å²) in [7, 11) is 0. The van der Waals surface area contributed by atoms with E-state index in [1.54, 1.807) is 6.07 Å². The molecule has 0 amide bonds. The van der Waals surface area contributed by atoms with Crippen molar-refractivity contribution in [1.82, 2.24) is 4.98 Å². The van der Waals surface area contributed by atoms with Crippen LogP contribution in [-0.4, -0.2) is 4.98 Å². The molecule has 0 unspecified atom stereocenters. The molecular weight excluding hydrogens is 265 g/mol. The van der Waals surface area contributed by atoms with E-state index in [0.29, 0.717) is 16.3 Å². The average molecular weight is 273 g/mol. The third kappa shape index (κ3) is 2.56. The Morgan fingerprint density at radius 1 is 1.11 bits per heavy atom. The Morgan fingerprint density at radius 2 is 1.83 bits per heavy atom. The molecule has 0 aliphatic rings. The molecule has 18 heavy (non-hydrogen) atoms. The highest BCUT2D eigenvalue weighted by Gasteiger charge is 2.30. The average Bonchev–Trinajstić information content (AvgIpc) is 2.31. The molecule has 1 aromatic carbocycles. The summed E-state index contributed by atoms with van der Waals surface area (Å²) in [6.07, 6.45) is -3.32. The van der Waals surface area contributed by atoms with Crippen LogP contribution in [0.4, 0.5) is 18.9 Å². The lowest BCUT2D eigenvalue weighted by molar-refractivity contribution is -0.137. The number of nitrogen functional groups attached to an aromatic ring is 1. The van der Waals surface area contributed by atoms with Crippen LogP contribution in [0.2, 0.25) is 5.02 Å². The molecule has 0 fully saturated rings. The molecule has 0 aliphatic carbocycles. The number of nitrogens with two attached hydrogens (primary N) is 1. The summed E-state index contributed by atoms with van der Waals surface area (Å²) < 4.78 is 37.7. The van der Waals surface area contributed by atoms with Crippen LogP contribution in [-0.2, 0) is 6.18 Å². The van der Waals surface area contributed by atoms with Crippen molar-refractivity contribution in [3.8, 4) is 11.3 Å². The summed E-state index contributed by atoms with van der Waals surface area (Å²) in [4.78, 5) is 3.89. The zero-order chi connectivity index (χ0) is 13.3. The van der Waals surface area contributed by atoms with E-state index in [9.17, 15) is 13.2 Å². The zero-order valence-corrected chi connectivity index (χ0v) is 9.76. The molecule has 0 spiro atoms. The second-order valence-electron chi connectivity index (χ2n) is 3.67. The van der Waals surface area contributed by atoms with E-state index in [1.165, 1.54) is 12.1 Å². The highest BCUT2D eigenvalue weighted by atomic mass is 35.5. The zero-order valence-electron chi connectivity index (χ0n) is 9.00. The summed E-state index contributed by atoms with van der Waals surface area (Å²) in [5, 5.41) is 0.302. The van der Waals surface area contributed by atoms with Crippen LogP contribution in [0.1, 0.15) is 5.56 Å².